The number of ether oxygens (including phenoxy) is 2. The first kappa shape index (κ1) is 12.3. The fraction of sp³-hybridized carbons (Fsp3) is 0.615. The number of rotatable bonds is 4. The predicted molar refractivity (Wildman–Crippen MR) is 65.9 cm³/mol. The smallest absolute Gasteiger partial charge is 0.218 e. The van der Waals surface area contributed by atoms with Crippen molar-refractivity contribution in [3.63, 3.8) is 0 Å². The van der Waals surface area contributed by atoms with E-state index in [4.69, 9.17) is 15.2 Å². The summed E-state index contributed by atoms with van der Waals surface area (Å²) in [6, 6.07) is 3.81. The zero-order valence-electron chi connectivity index (χ0n) is 10.3. The molecule has 0 unspecified atom stereocenters. The summed E-state index contributed by atoms with van der Waals surface area (Å²) in [5.74, 6) is 1.25. The second-order valence-electron chi connectivity index (χ2n) is 4.55. The lowest BCUT2D eigenvalue weighted by atomic mass is 10.0. The molecule has 17 heavy (non-hydrogen) atoms. The number of nitrogens with two attached hydrogens (primary N) is 1. The van der Waals surface area contributed by atoms with Gasteiger partial charge < -0.3 is 15.2 Å². The van der Waals surface area contributed by atoms with Crippen LogP contribution in [0.5, 0.6) is 5.88 Å². The van der Waals surface area contributed by atoms with Crippen molar-refractivity contribution in [2.75, 3.05) is 19.8 Å². The van der Waals surface area contributed by atoms with E-state index in [1.165, 1.54) is 0 Å². The predicted octanol–water partition coefficient (Wildman–Crippen LogP) is 1.91. The van der Waals surface area contributed by atoms with Gasteiger partial charge in [-0.15, -0.1) is 0 Å². The Morgan fingerprint density at radius 1 is 1.53 bits per heavy atom. The van der Waals surface area contributed by atoms with Gasteiger partial charge in [0.1, 0.15) is 0 Å². The molecule has 0 aliphatic carbocycles. The Kier molecular flexibility index (Phi) is 4.34. The lowest BCUT2D eigenvalue weighted by Crippen LogP contribution is -2.22. The molecular weight excluding hydrogens is 216 g/mol. The lowest BCUT2D eigenvalue weighted by molar-refractivity contribution is 0.0488. The van der Waals surface area contributed by atoms with Crippen LogP contribution in [0.2, 0.25) is 0 Å². The van der Waals surface area contributed by atoms with Crippen LogP contribution >= 0.6 is 0 Å². The molecule has 1 aliphatic rings. The second-order valence-corrected chi connectivity index (χ2v) is 4.55. The van der Waals surface area contributed by atoms with Crippen molar-refractivity contribution >= 4 is 0 Å². The van der Waals surface area contributed by atoms with Gasteiger partial charge in [0.2, 0.25) is 5.88 Å². The highest BCUT2D eigenvalue weighted by atomic mass is 16.5. The Labute approximate surface area is 102 Å². The van der Waals surface area contributed by atoms with Gasteiger partial charge in [0.05, 0.1) is 6.61 Å². The number of pyridine rings is 1. The number of nitrogens with zero attached hydrogens (tertiary/aromatic N) is 1. The molecule has 1 saturated heterocycles. The van der Waals surface area contributed by atoms with Gasteiger partial charge >= 0.3 is 0 Å². The SMILES string of the molecule is C[C@H](N)c1cccnc1OCC1CCOCC1. The second kappa shape index (κ2) is 5.98. The minimum Gasteiger partial charge on any atom is -0.477 e. The van der Waals surface area contributed by atoms with Crippen molar-refractivity contribution in [1.29, 1.82) is 0 Å². The molecule has 0 amide bonds. The van der Waals surface area contributed by atoms with Crippen molar-refractivity contribution in [1.82, 2.24) is 4.98 Å². The summed E-state index contributed by atoms with van der Waals surface area (Å²) < 4.78 is 11.1. The van der Waals surface area contributed by atoms with Gasteiger partial charge in [0.15, 0.2) is 0 Å². The zero-order chi connectivity index (χ0) is 12.1. The Balaban J connectivity index is 1.93. The van der Waals surface area contributed by atoms with Gasteiger partial charge in [-0.2, -0.15) is 0 Å². The third-order valence-electron chi connectivity index (χ3n) is 3.09. The van der Waals surface area contributed by atoms with Gasteiger partial charge in [-0.1, -0.05) is 6.07 Å². The van der Waals surface area contributed by atoms with Crippen LogP contribution in [0, 0.1) is 5.92 Å². The van der Waals surface area contributed by atoms with Crippen LogP contribution in [0.25, 0.3) is 0 Å². The molecule has 1 aliphatic heterocycles. The Morgan fingerprint density at radius 2 is 2.29 bits per heavy atom. The molecule has 0 aromatic carbocycles. The Bertz CT molecular complexity index is 349. The van der Waals surface area contributed by atoms with E-state index in [1.807, 2.05) is 19.1 Å². The molecule has 4 nitrogen and oxygen atoms in total. The molecule has 2 heterocycles. The average Bonchev–Trinajstić information content (AvgIpc) is 2.38. The number of aromatic nitrogens is 1. The molecule has 0 spiro atoms. The first-order valence-corrected chi connectivity index (χ1v) is 6.18. The van der Waals surface area contributed by atoms with Gasteiger partial charge in [-0.25, -0.2) is 4.98 Å². The van der Waals surface area contributed by atoms with Crippen LogP contribution in [0.15, 0.2) is 18.3 Å². The Hall–Kier alpha value is -1.13. The van der Waals surface area contributed by atoms with Crippen LogP contribution in [0.1, 0.15) is 31.4 Å². The maximum Gasteiger partial charge on any atom is 0.218 e. The number of hydrogen-bond acceptors (Lipinski definition) is 4. The molecule has 1 fully saturated rings. The van der Waals surface area contributed by atoms with E-state index in [9.17, 15) is 0 Å². The van der Waals surface area contributed by atoms with Gasteiger partial charge in [-0.3, -0.25) is 0 Å². The van der Waals surface area contributed by atoms with Crippen LogP contribution < -0.4 is 10.5 Å². The van der Waals surface area contributed by atoms with Gasteiger partial charge in [-0.05, 0) is 31.7 Å². The standard InChI is InChI=1S/C13H20N2O2/c1-10(14)12-3-2-6-15-13(12)17-9-11-4-7-16-8-5-11/h2-3,6,10-11H,4-5,7-9,14H2,1H3/t10-/m0/s1. The normalized spacial score (nSPS) is 18.9. The molecule has 1 atom stereocenters. The third kappa shape index (κ3) is 3.41. The van der Waals surface area contributed by atoms with Crippen molar-refractivity contribution in [3.8, 4) is 5.88 Å². The monoisotopic (exact) mass is 236 g/mol. The molecule has 0 bridgehead atoms. The fourth-order valence-corrected chi connectivity index (χ4v) is 1.98. The first-order valence-electron chi connectivity index (χ1n) is 6.18. The molecule has 94 valence electrons. The highest BCUT2D eigenvalue weighted by Crippen LogP contribution is 2.22. The highest BCUT2D eigenvalue weighted by Gasteiger charge is 2.16. The minimum atomic E-state index is -0.0478. The molecule has 2 rings (SSSR count). The van der Waals surface area contributed by atoms with E-state index in [0.29, 0.717) is 18.4 Å². The largest absolute Gasteiger partial charge is 0.477 e. The Morgan fingerprint density at radius 3 is 3.00 bits per heavy atom. The van der Waals surface area contributed by atoms with Crippen LogP contribution in [-0.2, 0) is 4.74 Å². The fourth-order valence-electron chi connectivity index (χ4n) is 1.98. The highest BCUT2D eigenvalue weighted by molar-refractivity contribution is 5.28. The lowest BCUT2D eigenvalue weighted by Gasteiger charge is -2.22. The van der Waals surface area contributed by atoms with Crippen LogP contribution in [-0.4, -0.2) is 24.8 Å². The summed E-state index contributed by atoms with van der Waals surface area (Å²) in [6.45, 7) is 4.34. The van der Waals surface area contributed by atoms with E-state index in [1.54, 1.807) is 6.20 Å². The quantitative estimate of drug-likeness (QED) is 0.867. The van der Waals surface area contributed by atoms with E-state index in [-0.39, 0.29) is 6.04 Å². The summed E-state index contributed by atoms with van der Waals surface area (Å²) in [6.07, 6.45) is 3.88. The summed E-state index contributed by atoms with van der Waals surface area (Å²) in [4.78, 5) is 4.25. The third-order valence-corrected chi connectivity index (χ3v) is 3.09. The van der Waals surface area contributed by atoms with Gasteiger partial charge in [0.25, 0.3) is 0 Å². The molecule has 1 aromatic heterocycles. The minimum absolute atomic E-state index is 0.0478. The van der Waals surface area contributed by atoms with E-state index in [2.05, 4.69) is 4.98 Å². The van der Waals surface area contributed by atoms with Crippen molar-refractivity contribution in [2.24, 2.45) is 11.7 Å². The van der Waals surface area contributed by atoms with Crippen molar-refractivity contribution < 1.29 is 9.47 Å². The maximum atomic E-state index is 5.88. The van der Waals surface area contributed by atoms with Crippen LogP contribution in [0.3, 0.4) is 0 Å². The van der Waals surface area contributed by atoms with Crippen LogP contribution in [0.4, 0.5) is 0 Å². The summed E-state index contributed by atoms with van der Waals surface area (Å²) in [7, 11) is 0. The topological polar surface area (TPSA) is 57.4 Å². The summed E-state index contributed by atoms with van der Waals surface area (Å²) in [5.41, 5.74) is 6.86. The molecule has 0 saturated carbocycles. The van der Waals surface area contributed by atoms with Gasteiger partial charge in [0, 0.05) is 31.0 Å². The summed E-state index contributed by atoms with van der Waals surface area (Å²) >= 11 is 0. The maximum absolute atomic E-state index is 5.88. The summed E-state index contributed by atoms with van der Waals surface area (Å²) in [5, 5.41) is 0. The zero-order valence-corrected chi connectivity index (χ0v) is 10.3. The van der Waals surface area contributed by atoms with E-state index in [0.717, 1.165) is 31.6 Å². The average molecular weight is 236 g/mol. The number of hydrogen-bond donors (Lipinski definition) is 1. The first-order chi connectivity index (χ1) is 8.27. The van der Waals surface area contributed by atoms with Crippen molar-refractivity contribution in [2.45, 2.75) is 25.8 Å². The van der Waals surface area contributed by atoms with E-state index < -0.39 is 0 Å². The molecule has 0 radical (unpaired) electrons. The molecule has 4 heteroatoms. The molecule has 1 aromatic rings. The van der Waals surface area contributed by atoms with E-state index >= 15 is 0 Å². The van der Waals surface area contributed by atoms with Crippen molar-refractivity contribution in [3.05, 3.63) is 23.9 Å². The molecular formula is C13H20N2O2. The molecule has 2 N–H and O–H groups in total.